The van der Waals surface area contributed by atoms with E-state index in [-0.39, 0.29) is 6.29 Å². The third-order valence-corrected chi connectivity index (χ3v) is 3.51. The molecular formula is C15H11BrF2O. The van der Waals surface area contributed by atoms with Crippen LogP contribution in [0.15, 0.2) is 34.8 Å². The smallest absolute Gasteiger partial charge is 0.155 e. The van der Waals surface area contributed by atoms with Gasteiger partial charge >= 0.3 is 0 Å². The molecule has 0 aliphatic carbocycles. The van der Waals surface area contributed by atoms with Crippen molar-refractivity contribution in [2.75, 3.05) is 0 Å². The highest BCUT2D eigenvalue weighted by atomic mass is 79.9. The Morgan fingerprint density at radius 1 is 1.21 bits per heavy atom. The highest BCUT2D eigenvalue weighted by molar-refractivity contribution is 9.10. The van der Waals surface area contributed by atoms with Crippen molar-refractivity contribution in [2.45, 2.75) is 13.3 Å². The van der Waals surface area contributed by atoms with Crippen LogP contribution in [0.3, 0.4) is 0 Å². The number of carbonyl (C=O) groups is 1. The highest BCUT2D eigenvalue weighted by Gasteiger charge is 2.17. The van der Waals surface area contributed by atoms with E-state index in [1.807, 2.05) is 0 Å². The lowest BCUT2D eigenvalue weighted by atomic mass is 9.95. The average molecular weight is 325 g/mol. The molecule has 2 aromatic carbocycles. The summed E-state index contributed by atoms with van der Waals surface area (Å²) in [6.07, 6.45) is 0.605. The van der Waals surface area contributed by atoms with E-state index in [4.69, 9.17) is 0 Å². The Kier molecular flexibility index (Phi) is 4.10. The van der Waals surface area contributed by atoms with Crippen LogP contribution in [0.4, 0.5) is 8.78 Å². The number of benzene rings is 2. The largest absolute Gasteiger partial charge is 0.298 e. The number of carbonyl (C=O) groups excluding carboxylic acids is 1. The molecule has 0 aliphatic heterocycles. The van der Waals surface area contributed by atoms with E-state index in [0.29, 0.717) is 17.5 Å². The first-order valence-electron chi connectivity index (χ1n) is 5.80. The summed E-state index contributed by atoms with van der Waals surface area (Å²) >= 11 is 3.31. The Bertz CT molecular complexity index is 621. The second kappa shape index (κ2) is 5.61. The second-order valence-corrected chi connectivity index (χ2v) is 5.01. The molecule has 2 aromatic rings. The third kappa shape index (κ3) is 2.59. The molecule has 0 heterocycles. The van der Waals surface area contributed by atoms with Gasteiger partial charge in [0.25, 0.3) is 0 Å². The predicted octanol–water partition coefficient (Wildman–Crippen LogP) is 4.77. The van der Waals surface area contributed by atoms with Crippen molar-refractivity contribution in [2.24, 2.45) is 0 Å². The summed E-state index contributed by atoms with van der Waals surface area (Å²) in [6.45, 7) is 1.77. The molecule has 98 valence electrons. The van der Waals surface area contributed by atoms with Gasteiger partial charge in [0, 0.05) is 4.47 Å². The average Bonchev–Trinajstić information content (AvgIpc) is 2.39. The van der Waals surface area contributed by atoms with Gasteiger partial charge in [-0.25, -0.2) is 8.78 Å². The van der Waals surface area contributed by atoms with Gasteiger partial charge in [0.1, 0.15) is 11.6 Å². The number of aldehydes is 1. The van der Waals surface area contributed by atoms with E-state index in [1.54, 1.807) is 31.2 Å². The topological polar surface area (TPSA) is 17.1 Å². The van der Waals surface area contributed by atoms with Crippen LogP contribution in [0.5, 0.6) is 0 Å². The van der Waals surface area contributed by atoms with Crippen molar-refractivity contribution in [3.63, 3.8) is 0 Å². The molecule has 0 aromatic heterocycles. The summed E-state index contributed by atoms with van der Waals surface area (Å²) in [4.78, 5) is 10.7. The van der Waals surface area contributed by atoms with Crippen molar-refractivity contribution >= 4 is 22.2 Å². The Hall–Kier alpha value is -1.55. The van der Waals surface area contributed by atoms with Crippen molar-refractivity contribution in [3.8, 4) is 11.1 Å². The summed E-state index contributed by atoms with van der Waals surface area (Å²) in [7, 11) is 0. The molecule has 2 rings (SSSR count). The van der Waals surface area contributed by atoms with Crippen LogP contribution in [-0.4, -0.2) is 6.29 Å². The maximum absolute atomic E-state index is 14.1. The number of hydrogen-bond donors (Lipinski definition) is 0. The van der Waals surface area contributed by atoms with Gasteiger partial charge in [0.05, 0.1) is 5.56 Å². The molecule has 19 heavy (non-hydrogen) atoms. The summed E-state index contributed by atoms with van der Waals surface area (Å²) in [5.41, 5.74) is 1.05. The third-order valence-electron chi connectivity index (χ3n) is 2.98. The lowest BCUT2D eigenvalue weighted by Gasteiger charge is -2.12. The minimum Gasteiger partial charge on any atom is -0.298 e. The van der Waals surface area contributed by atoms with Crippen molar-refractivity contribution in [1.29, 1.82) is 0 Å². The molecule has 4 heteroatoms. The van der Waals surface area contributed by atoms with E-state index in [2.05, 4.69) is 15.9 Å². The van der Waals surface area contributed by atoms with Gasteiger partial charge < -0.3 is 0 Å². The maximum Gasteiger partial charge on any atom is 0.155 e. The summed E-state index contributed by atoms with van der Waals surface area (Å²) in [6, 6.07) is 8.38. The molecule has 0 amide bonds. The van der Waals surface area contributed by atoms with Gasteiger partial charge in [0.2, 0.25) is 0 Å². The zero-order valence-electron chi connectivity index (χ0n) is 10.2. The first-order chi connectivity index (χ1) is 9.08. The van der Waals surface area contributed by atoms with Gasteiger partial charge in [-0.1, -0.05) is 35.0 Å². The Morgan fingerprint density at radius 2 is 1.84 bits per heavy atom. The van der Waals surface area contributed by atoms with Gasteiger partial charge in [-0.2, -0.15) is 0 Å². The Balaban J connectivity index is 2.69. The Labute approximate surface area is 118 Å². The molecule has 0 radical (unpaired) electrons. The van der Waals surface area contributed by atoms with Crippen molar-refractivity contribution < 1.29 is 13.6 Å². The fourth-order valence-electron chi connectivity index (χ4n) is 2.02. The second-order valence-electron chi connectivity index (χ2n) is 4.09. The summed E-state index contributed by atoms with van der Waals surface area (Å²) in [5.74, 6) is -1.60. The first-order valence-corrected chi connectivity index (χ1v) is 6.59. The minimum absolute atomic E-state index is 0.217. The number of halogens is 3. The molecule has 0 atom stereocenters. The monoisotopic (exact) mass is 324 g/mol. The molecule has 0 spiro atoms. The standard InChI is InChI=1S/C15H11BrF2O/c1-2-11-12(9-3-5-10(16)6-4-9)7-14(17)13(8-19)15(11)18/h3-8H,2H2,1H3. The van der Waals surface area contributed by atoms with Gasteiger partial charge in [-0.05, 0) is 41.3 Å². The molecule has 0 bridgehead atoms. The molecule has 0 fully saturated rings. The van der Waals surface area contributed by atoms with Crippen LogP contribution >= 0.6 is 15.9 Å². The van der Waals surface area contributed by atoms with Crippen LogP contribution in [0.1, 0.15) is 22.8 Å². The van der Waals surface area contributed by atoms with Crippen LogP contribution in [0, 0.1) is 11.6 Å². The molecular weight excluding hydrogens is 314 g/mol. The van der Waals surface area contributed by atoms with Crippen molar-refractivity contribution in [1.82, 2.24) is 0 Å². The first kappa shape index (κ1) is 13.9. The quantitative estimate of drug-likeness (QED) is 0.743. The fourth-order valence-corrected chi connectivity index (χ4v) is 2.28. The molecule has 0 N–H and O–H groups in total. The SMILES string of the molecule is CCc1c(-c2ccc(Br)cc2)cc(F)c(C=O)c1F. The summed E-state index contributed by atoms with van der Waals surface area (Å²) < 4.78 is 28.7. The van der Waals surface area contributed by atoms with E-state index in [9.17, 15) is 13.6 Å². The van der Waals surface area contributed by atoms with E-state index >= 15 is 0 Å². The van der Waals surface area contributed by atoms with Crippen LogP contribution in [0.25, 0.3) is 11.1 Å². The van der Waals surface area contributed by atoms with E-state index in [0.717, 1.165) is 10.0 Å². The lowest BCUT2D eigenvalue weighted by Crippen LogP contribution is -2.02. The molecule has 0 saturated carbocycles. The van der Waals surface area contributed by atoms with Crippen LogP contribution in [-0.2, 0) is 6.42 Å². The number of hydrogen-bond acceptors (Lipinski definition) is 1. The highest BCUT2D eigenvalue weighted by Crippen LogP contribution is 2.30. The normalized spacial score (nSPS) is 10.5. The minimum atomic E-state index is -0.831. The van der Waals surface area contributed by atoms with E-state index < -0.39 is 17.2 Å². The fraction of sp³-hybridized carbons (Fsp3) is 0.133. The Morgan fingerprint density at radius 3 is 2.37 bits per heavy atom. The van der Waals surface area contributed by atoms with Crippen molar-refractivity contribution in [3.05, 3.63) is 57.6 Å². The maximum atomic E-state index is 14.1. The molecule has 0 unspecified atom stereocenters. The molecule has 0 saturated heterocycles. The zero-order chi connectivity index (χ0) is 14.0. The lowest BCUT2D eigenvalue weighted by molar-refractivity contribution is 0.111. The van der Waals surface area contributed by atoms with Crippen LogP contribution in [0.2, 0.25) is 0 Å². The van der Waals surface area contributed by atoms with Gasteiger partial charge in [-0.15, -0.1) is 0 Å². The van der Waals surface area contributed by atoms with Crippen LogP contribution < -0.4 is 0 Å². The molecule has 0 aliphatic rings. The summed E-state index contributed by atoms with van der Waals surface area (Å²) in [5, 5.41) is 0. The zero-order valence-corrected chi connectivity index (χ0v) is 11.8. The number of rotatable bonds is 3. The molecule has 1 nitrogen and oxygen atoms in total. The van der Waals surface area contributed by atoms with Gasteiger partial charge in [0.15, 0.2) is 6.29 Å². The predicted molar refractivity (Wildman–Crippen MR) is 74.3 cm³/mol. The van der Waals surface area contributed by atoms with E-state index in [1.165, 1.54) is 6.07 Å². The van der Waals surface area contributed by atoms with Gasteiger partial charge in [-0.3, -0.25) is 4.79 Å².